The van der Waals surface area contributed by atoms with Gasteiger partial charge in [-0.25, -0.2) is 9.18 Å². The third-order valence-electron chi connectivity index (χ3n) is 7.70. The van der Waals surface area contributed by atoms with Crippen molar-refractivity contribution in [3.05, 3.63) is 95.3 Å². The van der Waals surface area contributed by atoms with E-state index in [0.29, 0.717) is 24.8 Å². The Labute approximate surface area is 217 Å². The average molecular weight is 524 g/mol. The standard InChI is InChI=1S/C30H25F4NO3/c31-28-13-12-21(38-30(32,33)34)16-26(28)18-14-19-6-5-7-20(15-18)35(19)29(36)37-17-27-24-10-3-1-8-22(24)23-9-2-4-11-25(23)27/h1-4,8-14,16,19-20,27H,5-7,15,17H2. The maximum absolute atomic E-state index is 14.7. The van der Waals surface area contributed by atoms with Crippen LogP contribution in [0.3, 0.4) is 0 Å². The predicted octanol–water partition coefficient (Wildman–Crippen LogP) is 7.68. The second kappa shape index (κ2) is 9.49. The van der Waals surface area contributed by atoms with E-state index in [9.17, 15) is 22.4 Å². The zero-order valence-electron chi connectivity index (χ0n) is 20.4. The SMILES string of the molecule is O=C(OCC1c2ccccc2-c2ccccc21)N1C2C=C(c3cc(OC(F)(F)F)ccc3F)CC1CCC2. The lowest BCUT2D eigenvalue weighted by atomic mass is 9.83. The molecule has 0 saturated carbocycles. The number of alkyl halides is 3. The Bertz CT molecular complexity index is 1370. The molecule has 2 unspecified atom stereocenters. The summed E-state index contributed by atoms with van der Waals surface area (Å²) < 4.78 is 62.7. The van der Waals surface area contributed by atoms with E-state index in [1.165, 1.54) is 0 Å². The summed E-state index contributed by atoms with van der Waals surface area (Å²) in [5.74, 6) is -1.16. The lowest BCUT2D eigenvalue weighted by Crippen LogP contribution is -2.52. The first-order valence-electron chi connectivity index (χ1n) is 12.7. The Kier molecular flexibility index (Phi) is 6.13. The van der Waals surface area contributed by atoms with E-state index >= 15 is 0 Å². The molecule has 4 nitrogen and oxygen atoms in total. The molecule has 0 aromatic heterocycles. The number of carbonyl (C=O) groups is 1. The van der Waals surface area contributed by atoms with Gasteiger partial charge in [-0.05, 0) is 71.7 Å². The van der Waals surface area contributed by atoms with Crippen LogP contribution in [0.2, 0.25) is 0 Å². The van der Waals surface area contributed by atoms with E-state index in [1.54, 1.807) is 11.0 Å². The lowest BCUT2D eigenvalue weighted by molar-refractivity contribution is -0.274. The molecule has 1 saturated heterocycles. The van der Waals surface area contributed by atoms with Crippen LogP contribution in [0.25, 0.3) is 16.7 Å². The van der Waals surface area contributed by atoms with Crippen molar-refractivity contribution in [2.75, 3.05) is 6.61 Å². The van der Waals surface area contributed by atoms with Gasteiger partial charge in [0.15, 0.2) is 0 Å². The Balaban J connectivity index is 1.21. The number of amides is 1. The van der Waals surface area contributed by atoms with Gasteiger partial charge in [-0.15, -0.1) is 13.2 Å². The van der Waals surface area contributed by atoms with Gasteiger partial charge in [-0.1, -0.05) is 54.6 Å². The lowest BCUT2D eigenvalue weighted by Gasteiger charge is -2.44. The molecule has 1 fully saturated rings. The topological polar surface area (TPSA) is 38.8 Å². The van der Waals surface area contributed by atoms with Gasteiger partial charge in [0.25, 0.3) is 0 Å². The number of piperidine rings is 1. The van der Waals surface area contributed by atoms with E-state index in [4.69, 9.17) is 4.74 Å². The van der Waals surface area contributed by atoms with Gasteiger partial charge in [0.2, 0.25) is 0 Å². The fourth-order valence-corrected chi connectivity index (χ4v) is 6.13. The molecule has 6 rings (SSSR count). The molecule has 38 heavy (non-hydrogen) atoms. The average Bonchev–Trinajstić information content (AvgIpc) is 3.20. The molecular weight excluding hydrogens is 498 g/mol. The number of hydrogen-bond donors (Lipinski definition) is 0. The fourth-order valence-electron chi connectivity index (χ4n) is 6.13. The van der Waals surface area contributed by atoms with Crippen molar-refractivity contribution in [3.8, 4) is 16.9 Å². The molecule has 2 atom stereocenters. The molecule has 2 heterocycles. The van der Waals surface area contributed by atoms with Crippen LogP contribution in [0.5, 0.6) is 5.75 Å². The van der Waals surface area contributed by atoms with Crippen LogP contribution in [-0.2, 0) is 4.74 Å². The highest BCUT2D eigenvalue weighted by molar-refractivity contribution is 5.79. The summed E-state index contributed by atoms with van der Waals surface area (Å²) in [6.45, 7) is 0.199. The van der Waals surface area contributed by atoms with Crippen LogP contribution >= 0.6 is 0 Å². The number of hydrogen-bond acceptors (Lipinski definition) is 3. The van der Waals surface area contributed by atoms with Crippen molar-refractivity contribution in [1.29, 1.82) is 0 Å². The predicted molar refractivity (Wildman–Crippen MR) is 134 cm³/mol. The molecular formula is C30H25F4NO3. The quantitative estimate of drug-likeness (QED) is 0.329. The van der Waals surface area contributed by atoms with Crippen LogP contribution in [0.15, 0.2) is 72.8 Å². The van der Waals surface area contributed by atoms with Crippen LogP contribution in [-0.4, -0.2) is 36.0 Å². The Morgan fingerprint density at radius 3 is 2.26 bits per heavy atom. The molecule has 3 aromatic rings. The van der Waals surface area contributed by atoms with Crippen molar-refractivity contribution in [2.45, 2.75) is 50.0 Å². The fraction of sp³-hybridized carbons (Fsp3) is 0.300. The number of rotatable bonds is 4. The number of halogens is 4. The summed E-state index contributed by atoms with van der Waals surface area (Å²) in [7, 11) is 0. The van der Waals surface area contributed by atoms with Crippen LogP contribution in [0.1, 0.15) is 48.3 Å². The first-order chi connectivity index (χ1) is 18.3. The van der Waals surface area contributed by atoms with Crippen molar-refractivity contribution in [3.63, 3.8) is 0 Å². The van der Waals surface area contributed by atoms with Crippen molar-refractivity contribution in [1.82, 2.24) is 4.90 Å². The zero-order chi connectivity index (χ0) is 26.4. The van der Waals surface area contributed by atoms with Gasteiger partial charge < -0.3 is 9.47 Å². The summed E-state index contributed by atoms with van der Waals surface area (Å²) in [6, 6.07) is 18.7. The highest BCUT2D eigenvalue weighted by atomic mass is 19.4. The van der Waals surface area contributed by atoms with Gasteiger partial charge in [-0.3, -0.25) is 4.90 Å². The Morgan fingerprint density at radius 1 is 0.921 bits per heavy atom. The minimum Gasteiger partial charge on any atom is -0.448 e. The van der Waals surface area contributed by atoms with Crippen molar-refractivity contribution in [2.24, 2.45) is 0 Å². The largest absolute Gasteiger partial charge is 0.573 e. The molecule has 1 aliphatic carbocycles. The molecule has 2 aliphatic heterocycles. The minimum absolute atomic E-state index is 0.0625. The van der Waals surface area contributed by atoms with E-state index < -0.39 is 24.0 Å². The number of benzene rings is 3. The van der Waals surface area contributed by atoms with Crippen molar-refractivity contribution >= 4 is 11.7 Å². The minimum atomic E-state index is -4.87. The summed E-state index contributed by atoms with van der Waals surface area (Å²) in [5.41, 5.74) is 5.18. The number of nitrogens with zero attached hydrogens (tertiary/aromatic N) is 1. The van der Waals surface area contributed by atoms with Crippen LogP contribution in [0, 0.1) is 5.82 Å². The maximum atomic E-state index is 14.7. The monoisotopic (exact) mass is 523 g/mol. The van der Waals surface area contributed by atoms with Gasteiger partial charge >= 0.3 is 12.5 Å². The smallest absolute Gasteiger partial charge is 0.448 e. The van der Waals surface area contributed by atoms with Gasteiger partial charge in [0.05, 0.1) is 6.04 Å². The first-order valence-corrected chi connectivity index (χ1v) is 12.7. The summed E-state index contributed by atoms with van der Waals surface area (Å²) in [6.07, 6.45) is -0.908. The molecule has 0 spiro atoms. The Hall–Kier alpha value is -3.81. The van der Waals surface area contributed by atoms with E-state index in [2.05, 4.69) is 29.0 Å². The molecule has 3 aromatic carbocycles. The summed E-state index contributed by atoms with van der Waals surface area (Å²) >= 11 is 0. The van der Waals surface area contributed by atoms with Gasteiger partial charge in [0.1, 0.15) is 18.2 Å². The molecule has 0 N–H and O–H groups in total. The molecule has 0 radical (unpaired) electrons. The number of ether oxygens (including phenoxy) is 2. The molecule has 8 heteroatoms. The highest BCUT2D eigenvalue weighted by Gasteiger charge is 2.40. The summed E-state index contributed by atoms with van der Waals surface area (Å²) in [5, 5.41) is 0. The van der Waals surface area contributed by atoms with Crippen LogP contribution < -0.4 is 4.74 Å². The normalized spacial score (nSPS) is 20.4. The maximum Gasteiger partial charge on any atom is 0.573 e. The second-order valence-corrected chi connectivity index (χ2v) is 9.95. The zero-order valence-corrected chi connectivity index (χ0v) is 20.4. The molecule has 3 aliphatic rings. The number of fused-ring (bicyclic) bond motifs is 5. The second-order valence-electron chi connectivity index (χ2n) is 9.95. The number of carbonyl (C=O) groups excluding carboxylic acids is 1. The Morgan fingerprint density at radius 2 is 1.61 bits per heavy atom. The van der Waals surface area contributed by atoms with Gasteiger partial charge in [-0.2, -0.15) is 0 Å². The molecule has 2 bridgehead atoms. The van der Waals surface area contributed by atoms with E-state index in [1.807, 2.05) is 24.3 Å². The van der Waals surface area contributed by atoms with Crippen LogP contribution in [0.4, 0.5) is 22.4 Å². The highest BCUT2D eigenvalue weighted by Crippen LogP contribution is 2.45. The summed E-state index contributed by atoms with van der Waals surface area (Å²) in [4.78, 5) is 15.1. The van der Waals surface area contributed by atoms with E-state index in [0.717, 1.165) is 46.9 Å². The van der Waals surface area contributed by atoms with Gasteiger partial charge in [0, 0.05) is 17.5 Å². The molecule has 1 amide bonds. The third kappa shape index (κ3) is 4.52. The molecule has 196 valence electrons. The first kappa shape index (κ1) is 24.5. The van der Waals surface area contributed by atoms with Crippen molar-refractivity contribution < 1.29 is 31.8 Å². The third-order valence-corrected chi connectivity index (χ3v) is 7.70. The van der Waals surface area contributed by atoms with E-state index in [-0.39, 0.29) is 30.2 Å².